The van der Waals surface area contributed by atoms with Crippen molar-refractivity contribution in [1.82, 2.24) is 10.8 Å². The number of ether oxygens (including phenoxy) is 1. The normalized spacial score (nSPS) is 41.8. The van der Waals surface area contributed by atoms with Gasteiger partial charge in [0.15, 0.2) is 0 Å². The van der Waals surface area contributed by atoms with Crippen LogP contribution in [0.1, 0.15) is 105 Å². The van der Waals surface area contributed by atoms with Crippen molar-refractivity contribution in [3.8, 4) is 0 Å². The smallest absolute Gasteiger partial charge is 0.219 e. The molecule has 0 heterocycles. The van der Waals surface area contributed by atoms with Gasteiger partial charge in [-0.15, -0.1) is 0 Å². The summed E-state index contributed by atoms with van der Waals surface area (Å²) >= 11 is 0. The van der Waals surface area contributed by atoms with E-state index in [0.717, 1.165) is 38.1 Å². The Morgan fingerprint density at radius 3 is 2.43 bits per heavy atom. The Bertz CT molecular complexity index is 804. The van der Waals surface area contributed by atoms with Gasteiger partial charge in [-0.1, -0.05) is 27.7 Å². The van der Waals surface area contributed by atoms with E-state index in [1.54, 1.807) is 0 Å². The zero-order valence-electron chi connectivity index (χ0n) is 24.4. The molecule has 1 amide bonds. The molecule has 4 fully saturated rings. The predicted octanol–water partition coefficient (Wildman–Crippen LogP) is 5.69. The summed E-state index contributed by atoms with van der Waals surface area (Å²) in [4.78, 5) is 29.8. The fraction of sp³-hybridized carbons (Fsp3) is 0.935. The number of methoxy groups -OCH3 is 1. The van der Waals surface area contributed by atoms with E-state index in [4.69, 9.17) is 9.57 Å². The summed E-state index contributed by atoms with van der Waals surface area (Å²) in [6.45, 7) is 12.5. The molecule has 4 saturated carbocycles. The SMILES string of the molecule is CCNC(=O)CC[C@H](C)C1CCC2C3C(OC)C[C@@H]4C[C@H](ONCC(=O)CC)CC[C@]4(C)C3CC[C@@]21C. The molecule has 2 N–H and O–H groups in total. The van der Waals surface area contributed by atoms with E-state index < -0.39 is 0 Å². The van der Waals surface area contributed by atoms with Crippen LogP contribution >= 0.6 is 0 Å². The molecule has 0 radical (unpaired) electrons. The Morgan fingerprint density at radius 2 is 1.73 bits per heavy atom. The van der Waals surface area contributed by atoms with Gasteiger partial charge in [0, 0.05) is 26.5 Å². The molecule has 4 aliphatic rings. The zero-order valence-corrected chi connectivity index (χ0v) is 24.4. The first-order valence-corrected chi connectivity index (χ1v) is 15.4. The lowest BCUT2D eigenvalue weighted by Gasteiger charge is -2.63. The Labute approximate surface area is 225 Å². The number of ketones is 1. The fourth-order valence-electron chi connectivity index (χ4n) is 9.70. The largest absolute Gasteiger partial charge is 0.381 e. The van der Waals surface area contributed by atoms with E-state index in [0.29, 0.717) is 65.9 Å². The monoisotopic (exact) mass is 518 g/mol. The number of Topliss-reactive ketones (excluding diaryl/α,β-unsaturated/α-hetero) is 1. The van der Waals surface area contributed by atoms with E-state index in [1.807, 2.05) is 21.0 Å². The Hall–Kier alpha value is -0.980. The van der Waals surface area contributed by atoms with Crippen molar-refractivity contribution in [2.24, 2.45) is 46.3 Å². The highest BCUT2D eigenvalue weighted by atomic mass is 16.7. The molecule has 5 unspecified atom stereocenters. The highest BCUT2D eigenvalue weighted by Crippen LogP contribution is 2.68. The summed E-state index contributed by atoms with van der Waals surface area (Å²) in [5, 5.41) is 2.98. The van der Waals surface area contributed by atoms with Crippen molar-refractivity contribution in [2.75, 3.05) is 20.2 Å². The molecule has 212 valence electrons. The maximum atomic E-state index is 12.1. The van der Waals surface area contributed by atoms with Gasteiger partial charge in [0.05, 0.1) is 18.8 Å². The summed E-state index contributed by atoms with van der Waals surface area (Å²) in [5.41, 5.74) is 3.67. The van der Waals surface area contributed by atoms with Gasteiger partial charge in [-0.3, -0.25) is 14.4 Å². The molecule has 0 saturated heterocycles. The van der Waals surface area contributed by atoms with Crippen LogP contribution in [0.25, 0.3) is 0 Å². The number of rotatable bonds is 11. The molecule has 0 aromatic rings. The van der Waals surface area contributed by atoms with Gasteiger partial charge in [-0.25, -0.2) is 0 Å². The highest BCUT2D eigenvalue weighted by Gasteiger charge is 2.63. The highest BCUT2D eigenvalue weighted by molar-refractivity contribution is 5.79. The van der Waals surface area contributed by atoms with Gasteiger partial charge in [-0.2, -0.15) is 5.48 Å². The Kier molecular flexibility index (Phi) is 9.44. The lowest BCUT2D eigenvalue weighted by molar-refractivity contribution is -0.190. The number of hydrogen-bond donors (Lipinski definition) is 2. The minimum absolute atomic E-state index is 0.187. The number of fused-ring (bicyclic) bond motifs is 5. The van der Waals surface area contributed by atoms with Gasteiger partial charge in [0.2, 0.25) is 5.91 Å². The molecule has 37 heavy (non-hydrogen) atoms. The molecule has 4 aliphatic carbocycles. The topological polar surface area (TPSA) is 76.7 Å². The molecule has 6 nitrogen and oxygen atoms in total. The number of hydroxylamine groups is 1. The summed E-state index contributed by atoms with van der Waals surface area (Å²) in [7, 11) is 1.94. The van der Waals surface area contributed by atoms with E-state index in [9.17, 15) is 9.59 Å². The van der Waals surface area contributed by atoms with E-state index in [1.165, 1.54) is 32.1 Å². The molecule has 0 aromatic carbocycles. The van der Waals surface area contributed by atoms with Crippen molar-refractivity contribution in [3.05, 3.63) is 0 Å². The summed E-state index contributed by atoms with van der Waals surface area (Å²) in [5.74, 6) is 4.38. The maximum absolute atomic E-state index is 12.1. The van der Waals surface area contributed by atoms with Gasteiger partial charge < -0.3 is 10.1 Å². The molecule has 10 atom stereocenters. The van der Waals surface area contributed by atoms with Gasteiger partial charge >= 0.3 is 0 Å². The second-order valence-corrected chi connectivity index (χ2v) is 13.4. The first-order chi connectivity index (χ1) is 17.7. The van der Waals surface area contributed by atoms with Crippen LogP contribution in [0, 0.1) is 46.3 Å². The van der Waals surface area contributed by atoms with E-state index in [2.05, 4.69) is 31.6 Å². The molecule has 6 heteroatoms. The van der Waals surface area contributed by atoms with Gasteiger partial charge in [0.1, 0.15) is 5.78 Å². The molecule has 0 aliphatic heterocycles. The van der Waals surface area contributed by atoms with Crippen LogP contribution in [0.4, 0.5) is 0 Å². The van der Waals surface area contributed by atoms with Crippen LogP contribution < -0.4 is 10.8 Å². The third-order valence-corrected chi connectivity index (χ3v) is 11.8. The molecule has 0 bridgehead atoms. The lowest BCUT2D eigenvalue weighted by Crippen LogP contribution is -2.59. The van der Waals surface area contributed by atoms with E-state index in [-0.39, 0.29) is 17.8 Å². The molecular formula is C31H54N2O4. The Balaban J connectivity index is 1.43. The second kappa shape index (κ2) is 12.0. The lowest BCUT2D eigenvalue weighted by atomic mass is 9.43. The second-order valence-electron chi connectivity index (χ2n) is 13.4. The van der Waals surface area contributed by atoms with Crippen molar-refractivity contribution >= 4 is 11.7 Å². The van der Waals surface area contributed by atoms with Gasteiger partial charge in [0.25, 0.3) is 0 Å². The summed E-state index contributed by atoms with van der Waals surface area (Å²) < 4.78 is 6.32. The minimum atomic E-state index is 0.187. The van der Waals surface area contributed by atoms with Gasteiger partial charge in [-0.05, 0) is 111 Å². The third-order valence-electron chi connectivity index (χ3n) is 11.8. The number of amides is 1. The van der Waals surface area contributed by atoms with Crippen LogP contribution in [-0.4, -0.2) is 44.1 Å². The fourth-order valence-corrected chi connectivity index (χ4v) is 9.70. The first-order valence-electron chi connectivity index (χ1n) is 15.4. The van der Waals surface area contributed by atoms with Crippen LogP contribution in [0.2, 0.25) is 0 Å². The summed E-state index contributed by atoms with van der Waals surface area (Å²) in [6, 6.07) is 0. The zero-order chi connectivity index (χ0) is 26.8. The van der Waals surface area contributed by atoms with Crippen LogP contribution in [0.3, 0.4) is 0 Å². The standard InChI is InChI=1S/C31H54N2O4/c1-7-22(34)19-33-37-23-13-15-30(4)21(17-23)18-27(36-6)29-25-11-10-24(31(25,5)16-14-26(29)30)20(3)9-12-28(35)32-8-2/h20-21,23-27,29,33H,7-19H2,1-6H3,(H,32,35)/t20-,21-,23+,24?,25?,26?,27?,29?,30-,31+/m0/s1. The Morgan fingerprint density at radius 1 is 1.00 bits per heavy atom. The number of nitrogens with one attached hydrogen (secondary N) is 2. The van der Waals surface area contributed by atoms with E-state index >= 15 is 0 Å². The van der Waals surface area contributed by atoms with Crippen molar-refractivity contribution in [2.45, 2.75) is 117 Å². The molecular weight excluding hydrogens is 464 g/mol. The predicted molar refractivity (Wildman–Crippen MR) is 147 cm³/mol. The first kappa shape index (κ1) is 29.0. The number of carbonyl (C=O) groups excluding carboxylic acids is 2. The van der Waals surface area contributed by atoms with Crippen molar-refractivity contribution in [1.29, 1.82) is 0 Å². The van der Waals surface area contributed by atoms with Crippen molar-refractivity contribution in [3.63, 3.8) is 0 Å². The average molecular weight is 519 g/mol. The third kappa shape index (κ3) is 5.68. The molecule has 4 rings (SSSR count). The summed E-state index contributed by atoms with van der Waals surface area (Å²) in [6.07, 6.45) is 12.4. The molecule has 0 aromatic heterocycles. The van der Waals surface area contributed by atoms with Crippen LogP contribution in [0.15, 0.2) is 0 Å². The van der Waals surface area contributed by atoms with Crippen molar-refractivity contribution < 1.29 is 19.2 Å². The minimum Gasteiger partial charge on any atom is -0.381 e. The number of carbonyl (C=O) groups is 2. The molecule has 0 spiro atoms. The maximum Gasteiger partial charge on any atom is 0.219 e. The number of hydrogen-bond acceptors (Lipinski definition) is 5. The quantitative estimate of drug-likeness (QED) is 0.344. The average Bonchev–Trinajstić information content (AvgIpc) is 3.24. The van der Waals surface area contributed by atoms with Crippen LogP contribution in [0.5, 0.6) is 0 Å². The van der Waals surface area contributed by atoms with Crippen LogP contribution in [-0.2, 0) is 19.2 Å².